The summed E-state index contributed by atoms with van der Waals surface area (Å²) in [5.41, 5.74) is 3.07. The summed E-state index contributed by atoms with van der Waals surface area (Å²) in [4.78, 5) is 11.3. The number of hydrogen-bond donors (Lipinski definition) is 2. The Hall–Kier alpha value is -2.62. The molecule has 8 nitrogen and oxygen atoms in total. The molecule has 2 N–H and O–H groups in total. The predicted molar refractivity (Wildman–Crippen MR) is 120 cm³/mol. The Kier molecular flexibility index (Phi) is 5.79. The fourth-order valence-corrected chi connectivity index (χ4v) is 4.71. The van der Waals surface area contributed by atoms with Gasteiger partial charge in [0.05, 0.1) is 31.0 Å². The summed E-state index contributed by atoms with van der Waals surface area (Å²) in [6.07, 6.45) is 1.83. The lowest BCUT2D eigenvalue weighted by Gasteiger charge is -2.39. The van der Waals surface area contributed by atoms with Gasteiger partial charge in [-0.1, -0.05) is 0 Å². The van der Waals surface area contributed by atoms with Crippen molar-refractivity contribution < 1.29 is 14.2 Å². The molecule has 2 atom stereocenters. The van der Waals surface area contributed by atoms with E-state index in [1.807, 2.05) is 30.8 Å². The van der Waals surface area contributed by atoms with Crippen LogP contribution in [0.5, 0.6) is 0 Å². The van der Waals surface area contributed by atoms with Crippen molar-refractivity contribution in [3.8, 4) is 5.82 Å². The summed E-state index contributed by atoms with van der Waals surface area (Å²) in [6.45, 7) is 6.98. The summed E-state index contributed by atoms with van der Waals surface area (Å²) in [5, 5.41) is 17.7. The van der Waals surface area contributed by atoms with Crippen LogP contribution in [0.2, 0.25) is 0 Å². The van der Waals surface area contributed by atoms with E-state index in [1.165, 1.54) is 0 Å². The molecule has 0 radical (unpaired) electrons. The maximum absolute atomic E-state index is 14.7. The van der Waals surface area contributed by atoms with Gasteiger partial charge in [-0.2, -0.15) is 5.10 Å². The first-order chi connectivity index (χ1) is 15.5. The minimum atomic E-state index is -0.892. The van der Waals surface area contributed by atoms with Gasteiger partial charge in [-0.25, -0.2) is 19.0 Å². The van der Waals surface area contributed by atoms with Gasteiger partial charge in [0.25, 0.3) is 0 Å². The quantitative estimate of drug-likeness (QED) is 0.607. The van der Waals surface area contributed by atoms with Gasteiger partial charge in [0.15, 0.2) is 5.82 Å². The molecule has 5 rings (SSSR count). The Labute approximate surface area is 186 Å². The van der Waals surface area contributed by atoms with Crippen LogP contribution in [0.1, 0.15) is 29.3 Å². The van der Waals surface area contributed by atoms with Crippen LogP contribution < -0.4 is 10.2 Å². The number of anilines is 1. The minimum Gasteiger partial charge on any atom is -0.394 e. The number of nitrogens with zero attached hydrogens (tertiary/aromatic N) is 5. The minimum absolute atomic E-state index is 0.0294. The predicted octanol–water partition coefficient (Wildman–Crippen LogP) is 2.04. The van der Waals surface area contributed by atoms with Gasteiger partial charge < -0.3 is 20.1 Å². The van der Waals surface area contributed by atoms with E-state index < -0.39 is 6.17 Å². The lowest BCUT2D eigenvalue weighted by molar-refractivity contribution is 0.0132. The van der Waals surface area contributed by atoms with E-state index in [1.54, 1.807) is 0 Å². The molecule has 0 bridgehead atoms. The summed E-state index contributed by atoms with van der Waals surface area (Å²) in [6, 6.07) is 6.11. The summed E-state index contributed by atoms with van der Waals surface area (Å²) >= 11 is 0. The molecule has 2 fully saturated rings. The number of aliphatic hydroxyl groups excluding tert-OH is 1. The van der Waals surface area contributed by atoms with Crippen molar-refractivity contribution in [3.05, 3.63) is 41.3 Å². The average molecular weight is 441 g/mol. The number of aliphatic hydroxyl groups is 1. The molecule has 32 heavy (non-hydrogen) atoms. The molecule has 2 aliphatic heterocycles. The van der Waals surface area contributed by atoms with Gasteiger partial charge in [-0.15, -0.1) is 0 Å². The average Bonchev–Trinajstić information content (AvgIpc) is 3.15. The second-order valence-corrected chi connectivity index (χ2v) is 8.69. The number of halogens is 1. The van der Waals surface area contributed by atoms with Crippen LogP contribution in [0.3, 0.4) is 0 Å². The van der Waals surface area contributed by atoms with Crippen LogP contribution in [0.25, 0.3) is 16.7 Å². The van der Waals surface area contributed by atoms with Crippen molar-refractivity contribution in [2.75, 3.05) is 44.3 Å². The Balaban J connectivity index is 1.47. The number of nitrogens with one attached hydrogen (secondary N) is 1. The van der Waals surface area contributed by atoms with Crippen molar-refractivity contribution in [2.45, 2.75) is 38.5 Å². The third kappa shape index (κ3) is 3.96. The van der Waals surface area contributed by atoms with Gasteiger partial charge in [0, 0.05) is 37.0 Å². The SMILES string of the molecule is Cc1nc(N2CC(OCCO)C2)cc(-n2ncc3cc(C)c([C@H]4CCNC[C@H]4F)cc32)n1. The molecule has 4 heterocycles. The zero-order valence-electron chi connectivity index (χ0n) is 18.5. The molecule has 3 aromatic rings. The fraction of sp³-hybridized carbons (Fsp3) is 0.522. The van der Waals surface area contributed by atoms with Crippen molar-refractivity contribution in [3.63, 3.8) is 0 Å². The van der Waals surface area contributed by atoms with E-state index in [-0.39, 0.29) is 18.6 Å². The lowest BCUT2D eigenvalue weighted by Crippen LogP contribution is -2.53. The number of fused-ring (bicyclic) bond motifs is 1. The highest BCUT2D eigenvalue weighted by atomic mass is 19.1. The van der Waals surface area contributed by atoms with Crippen LogP contribution >= 0.6 is 0 Å². The van der Waals surface area contributed by atoms with Gasteiger partial charge in [-0.05, 0) is 50.1 Å². The van der Waals surface area contributed by atoms with E-state index in [0.717, 1.165) is 53.9 Å². The molecule has 9 heteroatoms. The Morgan fingerprint density at radius 3 is 2.78 bits per heavy atom. The smallest absolute Gasteiger partial charge is 0.159 e. The van der Waals surface area contributed by atoms with Crippen LogP contribution in [0.4, 0.5) is 10.2 Å². The van der Waals surface area contributed by atoms with Crippen molar-refractivity contribution in [1.82, 2.24) is 25.1 Å². The number of aromatic nitrogens is 4. The zero-order chi connectivity index (χ0) is 22.2. The maximum atomic E-state index is 14.7. The van der Waals surface area contributed by atoms with Crippen LogP contribution in [0.15, 0.2) is 24.4 Å². The van der Waals surface area contributed by atoms with Gasteiger partial charge in [0.2, 0.25) is 0 Å². The molecule has 2 aromatic heterocycles. The van der Waals surface area contributed by atoms with Gasteiger partial charge in [-0.3, -0.25) is 0 Å². The summed E-state index contributed by atoms with van der Waals surface area (Å²) < 4.78 is 22.1. The first kappa shape index (κ1) is 21.2. The molecule has 0 saturated carbocycles. The highest BCUT2D eigenvalue weighted by Gasteiger charge is 2.30. The highest BCUT2D eigenvalue weighted by Crippen LogP contribution is 2.33. The van der Waals surface area contributed by atoms with E-state index >= 15 is 0 Å². The Morgan fingerprint density at radius 1 is 1.19 bits per heavy atom. The van der Waals surface area contributed by atoms with Crippen molar-refractivity contribution >= 4 is 16.7 Å². The van der Waals surface area contributed by atoms with Crippen LogP contribution in [-0.4, -0.2) is 76.5 Å². The number of rotatable bonds is 6. The molecular weight excluding hydrogens is 411 g/mol. The fourth-order valence-electron chi connectivity index (χ4n) is 4.71. The van der Waals surface area contributed by atoms with Gasteiger partial charge in [0.1, 0.15) is 17.8 Å². The number of ether oxygens (including phenoxy) is 1. The molecule has 0 aliphatic carbocycles. The normalized spacial score (nSPS) is 21.8. The van der Waals surface area contributed by atoms with E-state index in [2.05, 4.69) is 37.4 Å². The molecule has 0 amide bonds. The standard InChI is InChI=1S/C23H29FN6O2/c1-14-7-16-10-26-30(21(16)8-19(14)18-3-4-25-11-20(18)24)23-9-22(27-15(2)28-23)29-12-17(13-29)32-6-5-31/h7-10,17-18,20,25,31H,3-6,11-13H2,1-2H3/t18-,20-/m1/s1. The molecule has 2 aliphatic rings. The van der Waals surface area contributed by atoms with Crippen LogP contribution in [-0.2, 0) is 4.74 Å². The number of benzene rings is 1. The summed E-state index contributed by atoms with van der Waals surface area (Å²) in [5.74, 6) is 2.08. The molecule has 0 unspecified atom stereocenters. The second kappa shape index (κ2) is 8.73. The number of alkyl halides is 1. The van der Waals surface area contributed by atoms with E-state index in [0.29, 0.717) is 24.8 Å². The third-order valence-electron chi connectivity index (χ3n) is 6.41. The Bertz CT molecular complexity index is 1110. The molecule has 0 spiro atoms. The van der Waals surface area contributed by atoms with Crippen LogP contribution in [0, 0.1) is 13.8 Å². The Morgan fingerprint density at radius 2 is 2.00 bits per heavy atom. The number of aryl methyl sites for hydroxylation is 2. The van der Waals surface area contributed by atoms with E-state index in [9.17, 15) is 4.39 Å². The molecule has 2 saturated heterocycles. The first-order valence-electron chi connectivity index (χ1n) is 11.2. The molecule has 1 aromatic carbocycles. The van der Waals surface area contributed by atoms with Gasteiger partial charge >= 0.3 is 0 Å². The first-order valence-corrected chi connectivity index (χ1v) is 11.2. The largest absolute Gasteiger partial charge is 0.394 e. The molecule has 170 valence electrons. The maximum Gasteiger partial charge on any atom is 0.159 e. The molecular formula is C23H29FN6O2. The number of piperidine rings is 1. The van der Waals surface area contributed by atoms with Crippen molar-refractivity contribution in [1.29, 1.82) is 0 Å². The van der Waals surface area contributed by atoms with E-state index in [4.69, 9.17) is 9.84 Å². The monoisotopic (exact) mass is 440 g/mol. The highest BCUT2D eigenvalue weighted by molar-refractivity contribution is 5.82. The van der Waals surface area contributed by atoms with Crippen molar-refractivity contribution in [2.24, 2.45) is 0 Å². The summed E-state index contributed by atoms with van der Waals surface area (Å²) in [7, 11) is 0. The zero-order valence-corrected chi connectivity index (χ0v) is 18.5. The second-order valence-electron chi connectivity index (χ2n) is 8.69. The topological polar surface area (TPSA) is 88.3 Å². The lowest BCUT2D eigenvalue weighted by atomic mass is 9.85. The third-order valence-corrected chi connectivity index (χ3v) is 6.41. The number of hydrogen-bond acceptors (Lipinski definition) is 7.